The Labute approximate surface area is 134 Å². The van der Waals surface area contributed by atoms with E-state index in [1.807, 2.05) is 38.1 Å². The number of nitrogens with zero attached hydrogens (tertiary/aromatic N) is 3. The number of hydrogen-bond donors (Lipinski definition) is 1. The van der Waals surface area contributed by atoms with Gasteiger partial charge >= 0.3 is 5.69 Å². The SMILES string of the molecule is CCn1c(Br)nc2c1c(=O)[nH]c(=O)n2Cc1ccc(C)cc1. The van der Waals surface area contributed by atoms with Gasteiger partial charge in [0.1, 0.15) is 0 Å². The molecule has 0 unspecified atom stereocenters. The van der Waals surface area contributed by atoms with Crippen molar-refractivity contribution < 1.29 is 0 Å². The smallest absolute Gasteiger partial charge is 0.313 e. The standard InChI is InChI=1S/C15H15BrN4O2/c1-3-19-11-12(17-14(19)16)20(15(22)18-13(11)21)8-10-6-4-9(2)5-7-10/h4-7H,3,8H2,1-2H3,(H,18,21,22). The second kappa shape index (κ2) is 5.57. The monoisotopic (exact) mass is 362 g/mol. The number of halogens is 1. The van der Waals surface area contributed by atoms with Gasteiger partial charge in [-0.05, 0) is 35.3 Å². The zero-order valence-corrected chi connectivity index (χ0v) is 13.8. The van der Waals surface area contributed by atoms with Crippen LogP contribution >= 0.6 is 15.9 Å². The van der Waals surface area contributed by atoms with Crippen molar-refractivity contribution in [3.05, 3.63) is 61.0 Å². The van der Waals surface area contributed by atoms with Crippen molar-refractivity contribution in [1.29, 1.82) is 0 Å². The summed E-state index contributed by atoms with van der Waals surface area (Å²) in [6, 6.07) is 7.91. The minimum atomic E-state index is -0.452. The third-order valence-corrected chi connectivity index (χ3v) is 4.22. The van der Waals surface area contributed by atoms with E-state index in [0.717, 1.165) is 11.1 Å². The second-order valence-corrected chi connectivity index (χ2v) is 5.84. The Morgan fingerprint density at radius 1 is 1.18 bits per heavy atom. The molecule has 2 aromatic heterocycles. The molecule has 0 atom stereocenters. The maximum Gasteiger partial charge on any atom is 0.330 e. The Morgan fingerprint density at radius 2 is 1.86 bits per heavy atom. The summed E-state index contributed by atoms with van der Waals surface area (Å²) in [5.41, 5.74) is 2.06. The Morgan fingerprint density at radius 3 is 2.50 bits per heavy atom. The van der Waals surface area contributed by atoms with Crippen molar-refractivity contribution in [3.8, 4) is 0 Å². The van der Waals surface area contributed by atoms with Gasteiger partial charge in [-0.15, -0.1) is 0 Å². The van der Waals surface area contributed by atoms with Crippen molar-refractivity contribution in [2.24, 2.45) is 0 Å². The van der Waals surface area contributed by atoms with Crippen LogP contribution < -0.4 is 11.2 Å². The number of rotatable bonds is 3. The van der Waals surface area contributed by atoms with Gasteiger partial charge in [-0.2, -0.15) is 0 Å². The Hall–Kier alpha value is -2.15. The summed E-state index contributed by atoms with van der Waals surface area (Å²) in [7, 11) is 0. The molecule has 0 bridgehead atoms. The number of aryl methyl sites for hydroxylation is 2. The Bertz CT molecular complexity index is 951. The number of aromatic amines is 1. The predicted molar refractivity (Wildman–Crippen MR) is 88.3 cm³/mol. The molecule has 1 N–H and O–H groups in total. The van der Waals surface area contributed by atoms with Gasteiger partial charge in [0.25, 0.3) is 5.56 Å². The minimum absolute atomic E-state index is 0.361. The molecule has 3 aromatic rings. The lowest BCUT2D eigenvalue weighted by Gasteiger charge is -2.07. The second-order valence-electron chi connectivity index (χ2n) is 5.13. The van der Waals surface area contributed by atoms with Gasteiger partial charge in [0.2, 0.25) is 0 Å². The zero-order chi connectivity index (χ0) is 15.9. The molecule has 7 heteroatoms. The first-order valence-electron chi connectivity index (χ1n) is 6.95. The van der Waals surface area contributed by atoms with Crippen molar-refractivity contribution >= 4 is 27.1 Å². The molecule has 0 fully saturated rings. The van der Waals surface area contributed by atoms with E-state index in [9.17, 15) is 9.59 Å². The van der Waals surface area contributed by atoms with Crippen LogP contribution in [0.5, 0.6) is 0 Å². The highest BCUT2D eigenvalue weighted by atomic mass is 79.9. The lowest BCUT2D eigenvalue weighted by Crippen LogP contribution is -2.31. The van der Waals surface area contributed by atoms with Gasteiger partial charge in [-0.3, -0.25) is 14.3 Å². The van der Waals surface area contributed by atoms with E-state index in [2.05, 4.69) is 25.9 Å². The van der Waals surface area contributed by atoms with Gasteiger partial charge in [0, 0.05) is 6.54 Å². The van der Waals surface area contributed by atoms with Gasteiger partial charge in [0.05, 0.1) is 6.54 Å². The van der Waals surface area contributed by atoms with Crippen LogP contribution in [0.3, 0.4) is 0 Å². The summed E-state index contributed by atoms with van der Waals surface area (Å²) < 4.78 is 3.76. The summed E-state index contributed by atoms with van der Waals surface area (Å²) in [5.74, 6) is 0. The van der Waals surface area contributed by atoms with Crippen LogP contribution in [0.25, 0.3) is 11.2 Å². The van der Waals surface area contributed by atoms with Crippen LogP contribution in [0.4, 0.5) is 0 Å². The van der Waals surface area contributed by atoms with Crippen molar-refractivity contribution in [1.82, 2.24) is 19.1 Å². The van der Waals surface area contributed by atoms with Crippen LogP contribution in [0.2, 0.25) is 0 Å². The summed E-state index contributed by atoms with van der Waals surface area (Å²) in [6.07, 6.45) is 0. The first-order valence-corrected chi connectivity index (χ1v) is 7.75. The van der Waals surface area contributed by atoms with Crippen molar-refractivity contribution in [2.45, 2.75) is 26.9 Å². The van der Waals surface area contributed by atoms with E-state index in [1.165, 1.54) is 4.57 Å². The third kappa shape index (κ3) is 2.41. The van der Waals surface area contributed by atoms with E-state index in [1.54, 1.807) is 4.57 Å². The van der Waals surface area contributed by atoms with E-state index < -0.39 is 11.2 Å². The maximum atomic E-state index is 12.2. The first kappa shape index (κ1) is 14.8. The largest absolute Gasteiger partial charge is 0.330 e. The van der Waals surface area contributed by atoms with Crippen LogP contribution in [-0.4, -0.2) is 19.1 Å². The molecule has 1 aromatic carbocycles. The maximum absolute atomic E-state index is 12.2. The topological polar surface area (TPSA) is 72.7 Å². The van der Waals surface area contributed by atoms with Crippen LogP contribution in [0.15, 0.2) is 38.6 Å². The summed E-state index contributed by atoms with van der Waals surface area (Å²) in [6.45, 7) is 4.87. The number of nitrogens with one attached hydrogen (secondary N) is 1. The molecule has 0 aliphatic rings. The molecule has 6 nitrogen and oxygen atoms in total. The quantitative estimate of drug-likeness (QED) is 0.724. The average molecular weight is 363 g/mol. The molecule has 114 valence electrons. The van der Waals surface area contributed by atoms with Crippen LogP contribution in [-0.2, 0) is 13.1 Å². The minimum Gasteiger partial charge on any atom is -0.313 e. The lowest BCUT2D eigenvalue weighted by atomic mass is 10.1. The van der Waals surface area contributed by atoms with Crippen LogP contribution in [0, 0.1) is 6.92 Å². The fourth-order valence-electron chi connectivity index (χ4n) is 2.46. The summed E-state index contributed by atoms with van der Waals surface area (Å²) in [4.78, 5) is 31.0. The summed E-state index contributed by atoms with van der Waals surface area (Å²) in [5, 5.41) is 0. The lowest BCUT2D eigenvalue weighted by molar-refractivity contribution is 0.740. The average Bonchev–Trinajstić information content (AvgIpc) is 2.82. The highest BCUT2D eigenvalue weighted by Crippen LogP contribution is 2.17. The van der Waals surface area contributed by atoms with Gasteiger partial charge < -0.3 is 4.57 Å². The molecule has 0 spiro atoms. The molecule has 0 amide bonds. The number of H-pyrrole nitrogens is 1. The molecule has 22 heavy (non-hydrogen) atoms. The number of imidazole rings is 1. The molecular weight excluding hydrogens is 348 g/mol. The molecular formula is C15H15BrN4O2. The fourth-order valence-corrected chi connectivity index (χ4v) is 3.05. The molecule has 0 saturated carbocycles. The number of benzene rings is 1. The third-order valence-electron chi connectivity index (χ3n) is 3.62. The van der Waals surface area contributed by atoms with E-state index in [-0.39, 0.29) is 0 Å². The first-order chi connectivity index (χ1) is 10.5. The number of aromatic nitrogens is 4. The molecule has 3 rings (SSSR count). The van der Waals surface area contributed by atoms with Crippen LogP contribution in [0.1, 0.15) is 18.1 Å². The van der Waals surface area contributed by atoms with Gasteiger partial charge in [0.15, 0.2) is 15.9 Å². The van der Waals surface area contributed by atoms with E-state index >= 15 is 0 Å². The van der Waals surface area contributed by atoms with Crippen molar-refractivity contribution in [2.75, 3.05) is 0 Å². The fraction of sp³-hybridized carbons (Fsp3) is 0.267. The highest BCUT2D eigenvalue weighted by Gasteiger charge is 2.16. The Balaban J connectivity index is 2.23. The van der Waals surface area contributed by atoms with Gasteiger partial charge in [-0.25, -0.2) is 9.78 Å². The van der Waals surface area contributed by atoms with E-state index in [4.69, 9.17) is 0 Å². The molecule has 0 radical (unpaired) electrons. The zero-order valence-electron chi connectivity index (χ0n) is 12.3. The van der Waals surface area contributed by atoms with E-state index in [0.29, 0.717) is 29.0 Å². The molecule has 0 aliphatic heterocycles. The Kier molecular flexibility index (Phi) is 3.74. The molecule has 0 aliphatic carbocycles. The number of fused-ring (bicyclic) bond motifs is 1. The normalized spacial score (nSPS) is 11.2. The number of hydrogen-bond acceptors (Lipinski definition) is 3. The van der Waals surface area contributed by atoms with Crippen molar-refractivity contribution in [3.63, 3.8) is 0 Å². The predicted octanol–water partition coefficient (Wildman–Crippen LogP) is 2.03. The molecule has 0 saturated heterocycles. The summed E-state index contributed by atoms with van der Waals surface area (Å²) >= 11 is 3.34. The van der Waals surface area contributed by atoms with Gasteiger partial charge in [-0.1, -0.05) is 29.8 Å². The molecule has 2 heterocycles. The highest BCUT2D eigenvalue weighted by molar-refractivity contribution is 9.10.